The second-order valence-corrected chi connectivity index (χ2v) is 8.81. The number of carboxylic acids is 1. The molecular weight excluding hydrogens is 519 g/mol. The Kier molecular flexibility index (Phi) is 10.1. The molecule has 4 N–H and O–H groups in total. The van der Waals surface area contributed by atoms with Gasteiger partial charge in [-0.1, -0.05) is 41.4 Å². The minimum absolute atomic E-state index is 0.00274. The molecule has 0 spiro atoms. The molecule has 2 aromatic carbocycles. The number of halogens is 2. The number of amides is 2. The van der Waals surface area contributed by atoms with E-state index in [1.165, 1.54) is 19.2 Å². The van der Waals surface area contributed by atoms with Crippen LogP contribution in [0, 0.1) is 0 Å². The zero-order valence-electron chi connectivity index (χ0n) is 20.0. The number of methoxy groups -OCH3 is 1. The van der Waals surface area contributed by atoms with E-state index >= 15 is 0 Å². The first-order valence-corrected chi connectivity index (χ1v) is 12.1. The number of rotatable bonds is 12. The molecule has 37 heavy (non-hydrogen) atoms. The molecule has 2 amide bonds. The summed E-state index contributed by atoms with van der Waals surface area (Å²) in [6.45, 7) is 0.586. The quantitative estimate of drug-likeness (QED) is 0.244. The van der Waals surface area contributed by atoms with Crippen molar-refractivity contribution in [2.45, 2.75) is 25.3 Å². The molecule has 0 unspecified atom stereocenters. The zero-order valence-corrected chi connectivity index (χ0v) is 21.5. The second-order valence-electron chi connectivity index (χ2n) is 7.99. The van der Waals surface area contributed by atoms with Crippen LogP contribution in [0.1, 0.15) is 28.8 Å². The van der Waals surface area contributed by atoms with E-state index in [9.17, 15) is 19.5 Å². The lowest BCUT2D eigenvalue weighted by Crippen LogP contribution is -2.42. The van der Waals surface area contributed by atoms with E-state index in [-0.39, 0.29) is 34.4 Å². The highest BCUT2D eigenvalue weighted by Crippen LogP contribution is 2.27. The average Bonchev–Trinajstić information content (AvgIpc) is 2.87. The van der Waals surface area contributed by atoms with Gasteiger partial charge >= 0.3 is 5.97 Å². The van der Waals surface area contributed by atoms with Gasteiger partial charge in [0.25, 0.3) is 5.91 Å². The molecule has 11 heteroatoms. The Balaban J connectivity index is 1.59. The number of benzene rings is 2. The summed E-state index contributed by atoms with van der Waals surface area (Å²) in [4.78, 5) is 41.1. The third-order valence-electron chi connectivity index (χ3n) is 5.32. The van der Waals surface area contributed by atoms with Gasteiger partial charge in [0.1, 0.15) is 17.6 Å². The molecular formula is C26H26Cl2N4O5. The Morgan fingerprint density at radius 1 is 1.05 bits per heavy atom. The van der Waals surface area contributed by atoms with Crippen LogP contribution < -0.4 is 20.7 Å². The van der Waals surface area contributed by atoms with Gasteiger partial charge in [-0.2, -0.15) is 0 Å². The molecule has 3 aromatic rings. The topological polar surface area (TPSA) is 130 Å². The van der Waals surface area contributed by atoms with Gasteiger partial charge < -0.3 is 25.8 Å². The molecule has 0 fully saturated rings. The van der Waals surface area contributed by atoms with Crippen LogP contribution in [0.4, 0.5) is 11.5 Å². The molecule has 0 aliphatic rings. The fourth-order valence-corrected chi connectivity index (χ4v) is 4.06. The molecule has 9 nitrogen and oxygen atoms in total. The highest BCUT2D eigenvalue weighted by atomic mass is 35.5. The fraction of sp³-hybridized carbons (Fsp3) is 0.231. The Bertz CT molecular complexity index is 1240. The largest absolute Gasteiger partial charge is 0.495 e. The smallest absolute Gasteiger partial charge is 0.326 e. The molecule has 1 aromatic heterocycles. The minimum Gasteiger partial charge on any atom is -0.495 e. The zero-order chi connectivity index (χ0) is 26.8. The van der Waals surface area contributed by atoms with Gasteiger partial charge in [-0.05, 0) is 48.4 Å². The molecule has 0 radical (unpaired) electrons. The summed E-state index contributed by atoms with van der Waals surface area (Å²) in [5.41, 5.74) is 1.03. The van der Waals surface area contributed by atoms with E-state index in [4.69, 9.17) is 27.9 Å². The maximum absolute atomic E-state index is 12.7. The van der Waals surface area contributed by atoms with E-state index in [1.54, 1.807) is 30.5 Å². The van der Waals surface area contributed by atoms with E-state index in [2.05, 4.69) is 20.9 Å². The predicted octanol–water partition coefficient (Wildman–Crippen LogP) is 4.65. The number of carbonyl (C=O) groups excluding carboxylic acids is 2. The lowest BCUT2D eigenvalue weighted by Gasteiger charge is -2.17. The normalized spacial score (nSPS) is 11.3. The lowest BCUT2D eigenvalue weighted by molar-refractivity contribution is -0.139. The highest BCUT2D eigenvalue weighted by molar-refractivity contribution is 6.39. The first-order valence-electron chi connectivity index (χ1n) is 11.4. The van der Waals surface area contributed by atoms with Crippen LogP contribution in [-0.4, -0.2) is 47.6 Å². The van der Waals surface area contributed by atoms with Crippen molar-refractivity contribution in [3.05, 3.63) is 82.0 Å². The van der Waals surface area contributed by atoms with Crippen molar-refractivity contribution in [1.29, 1.82) is 0 Å². The molecule has 0 saturated carbocycles. The monoisotopic (exact) mass is 544 g/mol. The summed E-state index contributed by atoms with van der Waals surface area (Å²) >= 11 is 12.1. The Morgan fingerprint density at radius 2 is 1.81 bits per heavy atom. The van der Waals surface area contributed by atoms with Crippen molar-refractivity contribution in [3.8, 4) is 5.75 Å². The van der Waals surface area contributed by atoms with Gasteiger partial charge in [0.2, 0.25) is 5.91 Å². The van der Waals surface area contributed by atoms with Crippen LogP contribution in [0.2, 0.25) is 10.0 Å². The highest BCUT2D eigenvalue weighted by Gasteiger charge is 2.24. The van der Waals surface area contributed by atoms with Crippen molar-refractivity contribution < 1.29 is 24.2 Å². The van der Waals surface area contributed by atoms with Crippen LogP contribution in [0.25, 0.3) is 0 Å². The van der Waals surface area contributed by atoms with Gasteiger partial charge in [-0.25, -0.2) is 9.78 Å². The van der Waals surface area contributed by atoms with Gasteiger partial charge in [-0.3, -0.25) is 9.59 Å². The van der Waals surface area contributed by atoms with Crippen LogP contribution in [-0.2, 0) is 16.0 Å². The molecule has 1 atom stereocenters. The minimum atomic E-state index is -1.25. The van der Waals surface area contributed by atoms with Crippen molar-refractivity contribution in [3.63, 3.8) is 0 Å². The van der Waals surface area contributed by atoms with E-state index in [1.807, 2.05) is 18.2 Å². The second kappa shape index (κ2) is 13.5. The summed E-state index contributed by atoms with van der Waals surface area (Å²) in [5, 5.41) is 18.3. The van der Waals surface area contributed by atoms with Crippen molar-refractivity contribution in [2.24, 2.45) is 0 Å². The van der Waals surface area contributed by atoms with Crippen molar-refractivity contribution in [2.75, 3.05) is 24.3 Å². The SMILES string of the molecule is COc1cc(C[C@H](NC(=O)c2c(Cl)cccc2Cl)C(=O)O)ccc1NC(=O)CCCNc1ccccn1. The van der Waals surface area contributed by atoms with Crippen LogP contribution >= 0.6 is 23.2 Å². The first kappa shape index (κ1) is 27.8. The standard InChI is InChI=1S/C26H26Cl2N4O5/c1-37-21-15-16(14-20(26(35)36)32-25(34)24-17(27)6-4-7-18(24)28)10-11-19(21)31-23(33)9-5-13-30-22-8-2-3-12-29-22/h2-4,6-8,10-12,15,20H,5,9,13-14H2,1H3,(H,29,30)(H,31,33)(H,32,34)(H,35,36)/t20-/m0/s1. The number of nitrogens with one attached hydrogen (secondary N) is 3. The molecule has 0 aliphatic heterocycles. The number of pyridine rings is 1. The van der Waals surface area contributed by atoms with E-state index in [0.717, 1.165) is 5.82 Å². The third kappa shape index (κ3) is 8.09. The fourth-order valence-electron chi connectivity index (χ4n) is 3.49. The Labute approximate surface area is 224 Å². The third-order valence-corrected chi connectivity index (χ3v) is 5.95. The summed E-state index contributed by atoms with van der Waals surface area (Å²) in [6.07, 6.45) is 2.53. The Hall–Kier alpha value is -3.82. The van der Waals surface area contributed by atoms with Gasteiger partial charge in [0.15, 0.2) is 0 Å². The summed E-state index contributed by atoms with van der Waals surface area (Å²) in [6, 6.07) is 13.8. The average molecular weight is 545 g/mol. The van der Waals surface area contributed by atoms with E-state index in [0.29, 0.717) is 30.0 Å². The lowest BCUT2D eigenvalue weighted by atomic mass is 10.0. The van der Waals surface area contributed by atoms with Crippen molar-refractivity contribution in [1.82, 2.24) is 10.3 Å². The number of carbonyl (C=O) groups is 3. The van der Waals surface area contributed by atoms with Gasteiger partial charge in [-0.15, -0.1) is 0 Å². The predicted molar refractivity (Wildman–Crippen MR) is 143 cm³/mol. The van der Waals surface area contributed by atoms with E-state index < -0.39 is 17.9 Å². The van der Waals surface area contributed by atoms with Gasteiger partial charge in [0.05, 0.1) is 28.4 Å². The molecule has 194 valence electrons. The number of aliphatic carboxylic acids is 1. The maximum atomic E-state index is 12.7. The molecule has 1 heterocycles. The number of ether oxygens (including phenoxy) is 1. The van der Waals surface area contributed by atoms with Crippen LogP contribution in [0.3, 0.4) is 0 Å². The van der Waals surface area contributed by atoms with Crippen molar-refractivity contribution >= 4 is 52.5 Å². The first-order chi connectivity index (χ1) is 17.8. The number of carboxylic acid groups (broad SMARTS) is 1. The number of nitrogens with zero attached hydrogens (tertiary/aromatic N) is 1. The number of anilines is 2. The summed E-state index contributed by atoms with van der Waals surface area (Å²) in [5.74, 6) is -1.02. The summed E-state index contributed by atoms with van der Waals surface area (Å²) < 4.78 is 5.39. The number of hydrogen-bond acceptors (Lipinski definition) is 6. The number of hydrogen-bond donors (Lipinski definition) is 4. The summed E-state index contributed by atoms with van der Waals surface area (Å²) in [7, 11) is 1.45. The number of aromatic nitrogens is 1. The van der Waals surface area contributed by atoms with Crippen LogP contribution in [0.15, 0.2) is 60.8 Å². The molecule has 0 saturated heterocycles. The maximum Gasteiger partial charge on any atom is 0.326 e. The molecule has 0 aliphatic carbocycles. The molecule has 3 rings (SSSR count). The Morgan fingerprint density at radius 3 is 2.46 bits per heavy atom. The van der Waals surface area contributed by atoms with Gasteiger partial charge in [0, 0.05) is 25.6 Å². The molecule has 0 bridgehead atoms. The van der Waals surface area contributed by atoms with Crippen LogP contribution in [0.5, 0.6) is 5.75 Å².